The van der Waals surface area contributed by atoms with Crippen LogP contribution in [0.5, 0.6) is 0 Å². The highest BCUT2D eigenvalue weighted by molar-refractivity contribution is 5.96. The number of benzene rings is 2. The van der Waals surface area contributed by atoms with E-state index in [2.05, 4.69) is 10.1 Å². The van der Waals surface area contributed by atoms with E-state index in [0.29, 0.717) is 54.7 Å². The molecular weight excluding hydrogens is 496 g/mol. The predicted octanol–water partition coefficient (Wildman–Crippen LogP) is 2.44. The molecule has 2 aromatic heterocycles. The van der Waals surface area contributed by atoms with E-state index in [1.807, 2.05) is 37.3 Å². The number of nitrogens with zero attached hydrogens (tertiary/aromatic N) is 5. The van der Waals surface area contributed by atoms with Crippen LogP contribution in [0, 0.1) is 0 Å². The molecule has 1 saturated heterocycles. The Morgan fingerprint density at radius 3 is 2.49 bits per heavy atom. The van der Waals surface area contributed by atoms with Crippen molar-refractivity contribution >= 4 is 22.8 Å². The zero-order valence-corrected chi connectivity index (χ0v) is 22.1. The molecule has 0 saturated carbocycles. The molecule has 1 atom stereocenters. The standard InChI is InChI=1S/C29H32N6O4/c1-19(20-7-4-3-5-8-20)15-23(36)34-13-11-29(39,12-14-34)17-35-18-31-24-25(28(35)38)32-33(2)26(24)21-9-6-10-22(16-21)27(30)37/h3-10,16,18-19,39H,11-15,17H2,1-2H3,(H2,30,37)/t19-/m1/s1. The largest absolute Gasteiger partial charge is 0.388 e. The summed E-state index contributed by atoms with van der Waals surface area (Å²) >= 11 is 0. The third-order valence-electron chi connectivity index (χ3n) is 7.59. The fraction of sp³-hybridized carbons (Fsp3) is 0.345. The molecule has 1 aliphatic heterocycles. The van der Waals surface area contributed by atoms with Crippen LogP contribution < -0.4 is 11.3 Å². The van der Waals surface area contributed by atoms with E-state index in [-0.39, 0.29) is 29.4 Å². The highest BCUT2D eigenvalue weighted by Crippen LogP contribution is 2.28. The normalized spacial score (nSPS) is 15.8. The highest BCUT2D eigenvalue weighted by Gasteiger charge is 2.35. The van der Waals surface area contributed by atoms with Crippen LogP contribution in [0.3, 0.4) is 0 Å². The summed E-state index contributed by atoms with van der Waals surface area (Å²) in [4.78, 5) is 44.2. The molecule has 5 rings (SSSR count). The van der Waals surface area contributed by atoms with Gasteiger partial charge in [0.2, 0.25) is 11.8 Å². The Balaban J connectivity index is 1.30. The second-order valence-corrected chi connectivity index (χ2v) is 10.4. The molecule has 0 unspecified atom stereocenters. The molecule has 2 aromatic carbocycles. The summed E-state index contributed by atoms with van der Waals surface area (Å²) in [6, 6.07) is 16.7. The predicted molar refractivity (Wildman–Crippen MR) is 147 cm³/mol. The Morgan fingerprint density at radius 2 is 1.79 bits per heavy atom. The smallest absolute Gasteiger partial charge is 0.281 e. The van der Waals surface area contributed by atoms with Crippen LogP contribution in [0.15, 0.2) is 65.7 Å². The average molecular weight is 529 g/mol. The first-order valence-corrected chi connectivity index (χ1v) is 13.0. The molecule has 0 spiro atoms. The summed E-state index contributed by atoms with van der Waals surface area (Å²) in [5.74, 6) is -0.377. The van der Waals surface area contributed by atoms with Gasteiger partial charge in [0, 0.05) is 37.7 Å². The number of piperidine rings is 1. The van der Waals surface area contributed by atoms with Crippen molar-refractivity contribution in [3.63, 3.8) is 0 Å². The summed E-state index contributed by atoms with van der Waals surface area (Å²) in [7, 11) is 1.71. The molecule has 1 fully saturated rings. The first kappa shape index (κ1) is 26.3. The quantitative estimate of drug-likeness (QED) is 0.378. The molecule has 10 heteroatoms. The number of amides is 2. The number of fused-ring (bicyclic) bond motifs is 1. The maximum atomic E-state index is 13.3. The molecule has 1 aliphatic rings. The van der Waals surface area contributed by atoms with Crippen LogP contribution >= 0.6 is 0 Å². The lowest BCUT2D eigenvalue weighted by molar-refractivity contribution is -0.136. The van der Waals surface area contributed by atoms with Crippen molar-refractivity contribution in [2.75, 3.05) is 13.1 Å². The van der Waals surface area contributed by atoms with Crippen LogP contribution in [-0.4, -0.2) is 59.8 Å². The van der Waals surface area contributed by atoms with Gasteiger partial charge in [-0.2, -0.15) is 5.10 Å². The number of aliphatic hydroxyl groups is 1. The van der Waals surface area contributed by atoms with E-state index in [1.54, 1.807) is 40.9 Å². The molecule has 202 valence electrons. The Labute approximate surface area is 225 Å². The molecule has 39 heavy (non-hydrogen) atoms. The van der Waals surface area contributed by atoms with Crippen molar-refractivity contribution in [3.8, 4) is 11.3 Å². The van der Waals surface area contributed by atoms with Crippen molar-refractivity contribution in [2.45, 2.75) is 44.2 Å². The zero-order valence-electron chi connectivity index (χ0n) is 22.1. The van der Waals surface area contributed by atoms with Gasteiger partial charge in [0.1, 0.15) is 5.52 Å². The van der Waals surface area contributed by atoms with Gasteiger partial charge in [-0.15, -0.1) is 0 Å². The number of hydrogen-bond acceptors (Lipinski definition) is 6. The molecule has 0 radical (unpaired) electrons. The Kier molecular flexibility index (Phi) is 7.05. The fourth-order valence-corrected chi connectivity index (χ4v) is 5.29. The lowest BCUT2D eigenvalue weighted by Gasteiger charge is -2.38. The van der Waals surface area contributed by atoms with Gasteiger partial charge in [0.15, 0.2) is 5.52 Å². The third-order valence-corrected chi connectivity index (χ3v) is 7.59. The van der Waals surface area contributed by atoms with Gasteiger partial charge >= 0.3 is 0 Å². The highest BCUT2D eigenvalue weighted by atomic mass is 16.3. The number of nitrogens with two attached hydrogens (primary N) is 1. The molecular formula is C29H32N6O4. The van der Waals surface area contributed by atoms with Crippen LogP contribution in [-0.2, 0) is 18.4 Å². The van der Waals surface area contributed by atoms with Crippen molar-refractivity contribution in [1.29, 1.82) is 0 Å². The number of rotatable bonds is 7. The maximum Gasteiger partial charge on any atom is 0.281 e. The summed E-state index contributed by atoms with van der Waals surface area (Å²) in [6.45, 7) is 2.94. The van der Waals surface area contributed by atoms with E-state index < -0.39 is 11.5 Å². The van der Waals surface area contributed by atoms with Crippen LogP contribution in [0.25, 0.3) is 22.3 Å². The second kappa shape index (κ2) is 10.5. The summed E-state index contributed by atoms with van der Waals surface area (Å²) in [5.41, 5.74) is 7.22. The Hall–Kier alpha value is -4.31. The molecule has 3 N–H and O–H groups in total. The summed E-state index contributed by atoms with van der Waals surface area (Å²) in [6.07, 6.45) is 2.55. The molecule has 4 aromatic rings. The number of carbonyl (C=O) groups is 2. The molecule has 10 nitrogen and oxygen atoms in total. The first-order valence-electron chi connectivity index (χ1n) is 13.0. The topological polar surface area (TPSA) is 136 Å². The van der Waals surface area contributed by atoms with Gasteiger partial charge in [0.25, 0.3) is 5.56 Å². The fourth-order valence-electron chi connectivity index (χ4n) is 5.29. The van der Waals surface area contributed by atoms with Crippen LogP contribution in [0.2, 0.25) is 0 Å². The molecule has 2 amide bonds. The third kappa shape index (κ3) is 5.33. The van der Waals surface area contributed by atoms with E-state index in [1.165, 1.54) is 10.9 Å². The van der Waals surface area contributed by atoms with Gasteiger partial charge in [-0.25, -0.2) is 4.98 Å². The maximum absolute atomic E-state index is 13.3. The van der Waals surface area contributed by atoms with Gasteiger partial charge in [-0.05, 0) is 36.5 Å². The number of carbonyl (C=O) groups excluding carboxylic acids is 2. The van der Waals surface area contributed by atoms with E-state index in [4.69, 9.17) is 5.73 Å². The first-order chi connectivity index (χ1) is 18.6. The van der Waals surface area contributed by atoms with Crippen molar-refractivity contribution < 1.29 is 14.7 Å². The molecule has 3 heterocycles. The second-order valence-electron chi connectivity index (χ2n) is 10.4. The van der Waals surface area contributed by atoms with E-state index >= 15 is 0 Å². The number of hydrogen-bond donors (Lipinski definition) is 2. The van der Waals surface area contributed by atoms with Crippen molar-refractivity contribution in [3.05, 3.63) is 82.4 Å². The average Bonchev–Trinajstić information content (AvgIpc) is 3.27. The van der Waals surface area contributed by atoms with Gasteiger partial charge in [-0.1, -0.05) is 49.4 Å². The minimum atomic E-state index is -1.14. The van der Waals surface area contributed by atoms with Crippen LogP contribution in [0.1, 0.15) is 48.0 Å². The van der Waals surface area contributed by atoms with Gasteiger partial charge in [-0.3, -0.25) is 23.6 Å². The summed E-state index contributed by atoms with van der Waals surface area (Å²) in [5, 5.41) is 15.7. The molecule has 0 aliphatic carbocycles. The molecule has 0 bridgehead atoms. The lowest BCUT2D eigenvalue weighted by atomic mass is 9.90. The van der Waals surface area contributed by atoms with Crippen molar-refractivity contribution in [1.82, 2.24) is 24.2 Å². The minimum absolute atomic E-state index is 0.0558. The van der Waals surface area contributed by atoms with E-state index in [9.17, 15) is 19.5 Å². The zero-order chi connectivity index (χ0) is 27.7. The Bertz CT molecular complexity index is 1580. The number of likely N-dealkylation sites (tertiary alicyclic amines) is 1. The Morgan fingerprint density at radius 1 is 1.08 bits per heavy atom. The van der Waals surface area contributed by atoms with Gasteiger partial charge < -0.3 is 15.7 Å². The SMILES string of the molecule is C[C@H](CC(=O)N1CCC(O)(Cn2cnc3c(-c4cccc(C(N)=O)c4)n(C)nc3c2=O)CC1)c1ccccc1. The number of primary amides is 1. The van der Waals surface area contributed by atoms with Crippen molar-refractivity contribution in [2.24, 2.45) is 12.8 Å². The summed E-state index contributed by atoms with van der Waals surface area (Å²) < 4.78 is 2.94. The lowest BCUT2D eigenvalue weighted by Crippen LogP contribution is -2.49. The number of aryl methyl sites for hydroxylation is 1. The monoisotopic (exact) mass is 528 g/mol. The minimum Gasteiger partial charge on any atom is -0.388 e. The van der Waals surface area contributed by atoms with Crippen LogP contribution in [0.4, 0.5) is 0 Å². The number of aromatic nitrogens is 4. The van der Waals surface area contributed by atoms with E-state index in [0.717, 1.165) is 5.56 Å². The van der Waals surface area contributed by atoms with Gasteiger partial charge in [0.05, 0.1) is 24.2 Å².